The van der Waals surface area contributed by atoms with E-state index in [0.717, 1.165) is 11.3 Å². The molecule has 0 aliphatic heterocycles. The smallest absolute Gasteiger partial charge is 0.315 e. The minimum absolute atomic E-state index is 0.209. The van der Waals surface area contributed by atoms with Crippen molar-refractivity contribution in [2.24, 2.45) is 0 Å². The molecule has 0 saturated carbocycles. The van der Waals surface area contributed by atoms with Gasteiger partial charge in [-0.05, 0) is 42.0 Å². The molecule has 0 spiro atoms. The van der Waals surface area contributed by atoms with Gasteiger partial charge in [0.15, 0.2) is 0 Å². The van der Waals surface area contributed by atoms with Crippen LogP contribution >= 0.6 is 0 Å². The molecule has 2 aromatic heterocycles. The molecule has 0 radical (unpaired) electrons. The van der Waals surface area contributed by atoms with Gasteiger partial charge >= 0.3 is 6.03 Å². The van der Waals surface area contributed by atoms with Gasteiger partial charge in [0, 0.05) is 55.0 Å². The molecule has 0 aliphatic carbocycles. The number of nitrogens with one attached hydrogen (secondary N) is 3. The molecule has 142 valence electrons. The predicted molar refractivity (Wildman–Crippen MR) is 107 cm³/mol. The Bertz CT molecular complexity index is 916. The molecular formula is C21H21N5O2. The summed E-state index contributed by atoms with van der Waals surface area (Å²) in [6.07, 6.45) is 5.55. The van der Waals surface area contributed by atoms with Crippen molar-refractivity contribution < 1.29 is 9.59 Å². The summed E-state index contributed by atoms with van der Waals surface area (Å²) in [6.45, 7) is 0.860. The second kappa shape index (κ2) is 9.82. The molecular weight excluding hydrogens is 354 g/mol. The predicted octanol–water partition coefficient (Wildman–Crippen LogP) is 2.77. The van der Waals surface area contributed by atoms with Crippen LogP contribution in [0.1, 0.15) is 21.6 Å². The van der Waals surface area contributed by atoms with E-state index in [0.29, 0.717) is 30.8 Å². The van der Waals surface area contributed by atoms with Gasteiger partial charge < -0.3 is 16.0 Å². The van der Waals surface area contributed by atoms with Crippen LogP contribution in [0.15, 0.2) is 73.2 Å². The third-order valence-corrected chi connectivity index (χ3v) is 3.97. The van der Waals surface area contributed by atoms with E-state index < -0.39 is 0 Å². The lowest BCUT2D eigenvalue weighted by Crippen LogP contribution is -2.36. The fourth-order valence-corrected chi connectivity index (χ4v) is 2.56. The molecule has 2 heterocycles. The van der Waals surface area contributed by atoms with Crippen LogP contribution in [-0.4, -0.2) is 28.5 Å². The van der Waals surface area contributed by atoms with E-state index in [9.17, 15) is 9.59 Å². The Morgan fingerprint density at radius 1 is 0.893 bits per heavy atom. The van der Waals surface area contributed by atoms with Crippen molar-refractivity contribution in [1.82, 2.24) is 20.6 Å². The highest BCUT2D eigenvalue weighted by Gasteiger charge is 2.06. The summed E-state index contributed by atoms with van der Waals surface area (Å²) >= 11 is 0. The normalized spacial score (nSPS) is 10.1. The fraction of sp³-hybridized carbons (Fsp3) is 0.143. The molecule has 0 aliphatic rings. The van der Waals surface area contributed by atoms with Crippen molar-refractivity contribution in [2.75, 3.05) is 11.9 Å². The first kappa shape index (κ1) is 19.0. The van der Waals surface area contributed by atoms with Gasteiger partial charge in [-0.15, -0.1) is 0 Å². The fourth-order valence-electron chi connectivity index (χ4n) is 2.56. The first-order valence-corrected chi connectivity index (χ1v) is 8.92. The minimum atomic E-state index is -0.248. The van der Waals surface area contributed by atoms with Crippen molar-refractivity contribution in [3.8, 4) is 0 Å². The third-order valence-electron chi connectivity index (χ3n) is 3.97. The number of benzene rings is 1. The van der Waals surface area contributed by atoms with E-state index in [1.807, 2.05) is 36.4 Å². The number of carbonyl (C=O) groups excluding carboxylic acids is 2. The van der Waals surface area contributed by atoms with E-state index in [-0.39, 0.29) is 11.9 Å². The highest BCUT2D eigenvalue weighted by Crippen LogP contribution is 2.12. The molecule has 3 amide bonds. The zero-order valence-corrected chi connectivity index (χ0v) is 15.3. The standard InChI is InChI=1S/C21H21N5O2/c27-20(17-7-11-22-12-8-17)26-19-6-3-4-16(14-19)15-25-21(28)24-13-9-18-5-1-2-10-23-18/h1-8,10-12,14H,9,13,15H2,(H,26,27)(H2,24,25,28). The summed E-state index contributed by atoms with van der Waals surface area (Å²) in [6, 6.07) is 16.1. The maximum atomic E-state index is 12.2. The number of aromatic nitrogens is 2. The number of hydrogen-bond acceptors (Lipinski definition) is 4. The SMILES string of the molecule is O=C(NCCc1ccccn1)NCc1cccc(NC(=O)c2ccncc2)c1. The van der Waals surface area contributed by atoms with Crippen molar-refractivity contribution in [3.05, 3.63) is 90.0 Å². The molecule has 7 heteroatoms. The molecule has 0 bridgehead atoms. The average molecular weight is 375 g/mol. The highest BCUT2D eigenvalue weighted by atomic mass is 16.2. The van der Waals surface area contributed by atoms with Crippen LogP contribution in [0.4, 0.5) is 10.5 Å². The quantitative estimate of drug-likeness (QED) is 0.592. The van der Waals surface area contributed by atoms with Crippen LogP contribution < -0.4 is 16.0 Å². The molecule has 0 atom stereocenters. The zero-order chi connectivity index (χ0) is 19.6. The Morgan fingerprint density at radius 2 is 1.75 bits per heavy atom. The number of hydrogen-bond donors (Lipinski definition) is 3. The number of anilines is 1. The second-order valence-electron chi connectivity index (χ2n) is 6.07. The molecule has 3 N–H and O–H groups in total. The van der Waals surface area contributed by atoms with Gasteiger partial charge in [0.25, 0.3) is 5.91 Å². The zero-order valence-electron chi connectivity index (χ0n) is 15.3. The summed E-state index contributed by atoms with van der Waals surface area (Å²) in [7, 11) is 0. The summed E-state index contributed by atoms with van der Waals surface area (Å²) in [5.74, 6) is -0.209. The maximum absolute atomic E-state index is 12.2. The molecule has 3 aromatic rings. The Balaban J connectivity index is 1.45. The van der Waals surface area contributed by atoms with E-state index in [2.05, 4.69) is 25.9 Å². The van der Waals surface area contributed by atoms with Crippen molar-refractivity contribution in [2.45, 2.75) is 13.0 Å². The summed E-state index contributed by atoms with van der Waals surface area (Å²) in [5.41, 5.74) is 3.01. The number of pyridine rings is 2. The number of rotatable bonds is 7. The van der Waals surface area contributed by atoms with E-state index in [1.54, 1.807) is 36.8 Å². The molecule has 7 nitrogen and oxygen atoms in total. The van der Waals surface area contributed by atoms with Crippen molar-refractivity contribution in [1.29, 1.82) is 0 Å². The topological polar surface area (TPSA) is 96.0 Å². The van der Waals surface area contributed by atoms with Gasteiger partial charge in [0.1, 0.15) is 0 Å². The van der Waals surface area contributed by atoms with Gasteiger partial charge in [-0.1, -0.05) is 18.2 Å². The van der Waals surface area contributed by atoms with Gasteiger partial charge in [0.2, 0.25) is 0 Å². The Morgan fingerprint density at radius 3 is 2.54 bits per heavy atom. The van der Waals surface area contributed by atoms with Crippen LogP contribution in [0.3, 0.4) is 0 Å². The first-order chi connectivity index (χ1) is 13.7. The maximum Gasteiger partial charge on any atom is 0.315 e. The molecule has 28 heavy (non-hydrogen) atoms. The Hall–Kier alpha value is -3.74. The minimum Gasteiger partial charge on any atom is -0.338 e. The van der Waals surface area contributed by atoms with Crippen LogP contribution in [0.25, 0.3) is 0 Å². The van der Waals surface area contributed by atoms with E-state index in [4.69, 9.17) is 0 Å². The van der Waals surface area contributed by atoms with Crippen LogP contribution in [-0.2, 0) is 13.0 Å². The lowest BCUT2D eigenvalue weighted by molar-refractivity contribution is 0.102. The largest absolute Gasteiger partial charge is 0.338 e. The Kier molecular flexibility index (Phi) is 6.67. The lowest BCUT2D eigenvalue weighted by Gasteiger charge is -2.10. The van der Waals surface area contributed by atoms with E-state index in [1.165, 1.54) is 0 Å². The van der Waals surface area contributed by atoms with Gasteiger partial charge in [-0.3, -0.25) is 14.8 Å². The number of carbonyl (C=O) groups is 2. The number of amides is 3. The molecule has 1 aromatic carbocycles. The van der Waals surface area contributed by atoms with Crippen molar-refractivity contribution in [3.63, 3.8) is 0 Å². The van der Waals surface area contributed by atoms with E-state index >= 15 is 0 Å². The van der Waals surface area contributed by atoms with Crippen LogP contribution in [0, 0.1) is 0 Å². The summed E-state index contributed by atoms with van der Waals surface area (Å²) in [4.78, 5) is 32.3. The van der Waals surface area contributed by atoms with Gasteiger partial charge in [-0.25, -0.2) is 4.79 Å². The molecule has 0 saturated heterocycles. The number of nitrogens with zero attached hydrogens (tertiary/aromatic N) is 2. The number of urea groups is 1. The molecule has 0 fully saturated rings. The highest BCUT2D eigenvalue weighted by molar-refractivity contribution is 6.04. The van der Waals surface area contributed by atoms with Crippen LogP contribution in [0.2, 0.25) is 0 Å². The first-order valence-electron chi connectivity index (χ1n) is 8.92. The summed E-state index contributed by atoms with van der Waals surface area (Å²) < 4.78 is 0. The monoisotopic (exact) mass is 375 g/mol. The Labute approximate surface area is 163 Å². The van der Waals surface area contributed by atoms with Gasteiger partial charge in [0.05, 0.1) is 0 Å². The molecule has 3 rings (SSSR count). The average Bonchev–Trinajstić information content (AvgIpc) is 2.74. The third kappa shape index (κ3) is 5.91. The second-order valence-corrected chi connectivity index (χ2v) is 6.07. The summed E-state index contributed by atoms with van der Waals surface area (Å²) in [5, 5.41) is 8.45. The lowest BCUT2D eigenvalue weighted by atomic mass is 10.2. The molecule has 0 unspecified atom stereocenters. The van der Waals surface area contributed by atoms with Crippen LogP contribution in [0.5, 0.6) is 0 Å². The van der Waals surface area contributed by atoms with Gasteiger partial charge in [-0.2, -0.15) is 0 Å². The van der Waals surface area contributed by atoms with Crippen molar-refractivity contribution >= 4 is 17.6 Å².